The molecular weight excluding hydrogens is 284 g/mol. The molecule has 116 valence electrons. The van der Waals surface area contributed by atoms with E-state index < -0.39 is 0 Å². The van der Waals surface area contributed by atoms with Crippen molar-refractivity contribution in [3.05, 3.63) is 34.9 Å². The van der Waals surface area contributed by atoms with Crippen LogP contribution in [0.5, 0.6) is 0 Å². The Hall–Kier alpha value is -1.22. The van der Waals surface area contributed by atoms with Crippen LogP contribution in [0.25, 0.3) is 0 Å². The second kappa shape index (κ2) is 7.69. The highest BCUT2D eigenvalue weighted by molar-refractivity contribution is 6.30. The first-order valence-corrected chi connectivity index (χ1v) is 8.19. The molecule has 21 heavy (non-hydrogen) atoms. The lowest BCUT2D eigenvalue weighted by Crippen LogP contribution is -2.45. The normalized spacial score (nSPS) is 21.9. The van der Waals surface area contributed by atoms with Crippen LogP contribution in [0.3, 0.4) is 0 Å². The van der Waals surface area contributed by atoms with Crippen molar-refractivity contribution in [3.8, 4) is 0 Å². The van der Waals surface area contributed by atoms with Crippen LogP contribution in [-0.4, -0.2) is 30.6 Å². The maximum absolute atomic E-state index is 12.2. The van der Waals surface area contributed by atoms with Crippen LogP contribution >= 0.6 is 11.6 Å². The van der Waals surface area contributed by atoms with Crippen LogP contribution in [-0.2, 0) is 6.42 Å². The third-order valence-corrected chi connectivity index (χ3v) is 4.59. The average Bonchev–Trinajstić information content (AvgIpc) is 2.46. The molecule has 1 N–H and O–H groups in total. The van der Waals surface area contributed by atoms with E-state index in [4.69, 9.17) is 11.6 Å². The van der Waals surface area contributed by atoms with Crippen molar-refractivity contribution in [1.82, 2.24) is 10.2 Å². The van der Waals surface area contributed by atoms with Crippen molar-refractivity contribution in [2.24, 2.45) is 5.92 Å². The summed E-state index contributed by atoms with van der Waals surface area (Å²) in [7, 11) is 1.91. The number of hydrogen-bond donors (Lipinski definition) is 1. The van der Waals surface area contributed by atoms with E-state index >= 15 is 0 Å². The number of rotatable bonds is 4. The van der Waals surface area contributed by atoms with Gasteiger partial charge < -0.3 is 10.2 Å². The van der Waals surface area contributed by atoms with Gasteiger partial charge in [-0.05, 0) is 42.9 Å². The van der Waals surface area contributed by atoms with Gasteiger partial charge in [-0.15, -0.1) is 0 Å². The van der Waals surface area contributed by atoms with Crippen molar-refractivity contribution in [2.45, 2.75) is 45.1 Å². The van der Waals surface area contributed by atoms with Crippen LogP contribution in [0.15, 0.2) is 24.3 Å². The Balaban J connectivity index is 1.76. The Labute approximate surface area is 132 Å². The highest BCUT2D eigenvalue weighted by Crippen LogP contribution is 2.26. The Morgan fingerprint density at radius 1 is 1.43 bits per heavy atom. The number of hydrogen-bond acceptors (Lipinski definition) is 1. The molecule has 1 aromatic rings. The minimum Gasteiger partial charge on any atom is -0.338 e. The van der Waals surface area contributed by atoms with Crippen molar-refractivity contribution < 1.29 is 4.79 Å². The number of nitrogens with one attached hydrogen (secondary N) is 1. The van der Waals surface area contributed by atoms with Gasteiger partial charge in [0.25, 0.3) is 0 Å². The van der Waals surface area contributed by atoms with Crippen LogP contribution < -0.4 is 5.32 Å². The van der Waals surface area contributed by atoms with Gasteiger partial charge in [-0.25, -0.2) is 4.79 Å². The molecule has 1 aliphatic rings. The predicted octanol–water partition coefficient (Wildman–Crippen LogP) is 4.10. The summed E-state index contributed by atoms with van der Waals surface area (Å²) in [5, 5.41) is 3.75. The zero-order chi connectivity index (χ0) is 15.2. The number of urea groups is 1. The molecule has 2 unspecified atom stereocenters. The SMILES string of the molecule is CC1CCCC(N(C)C(=O)NCCc2cccc(Cl)c2)C1. The Morgan fingerprint density at radius 2 is 2.24 bits per heavy atom. The minimum absolute atomic E-state index is 0.0381. The summed E-state index contributed by atoms with van der Waals surface area (Å²) in [6.07, 6.45) is 5.58. The van der Waals surface area contributed by atoms with E-state index in [2.05, 4.69) is 12.2 Å². The molecule has 0 aliphatic heterocycles. The molecular formula is C17H25ClN2O. The maximum Gasteiger partial charge on any atom is 0.317 e. The molecule has 0 heterocycles. The lowest BCUT2D eigenvalue weighted by atomic mass is 9.86. The zero-order valence-electron chi connectivity index (χ0n) is 12.9. The fourth-order valence-corrected chi connectivity index (χ4v) is 3.26. The topological polar surface area (TPSA) is 32.3 Å². The molecule has 1 aromatic carbocycles. The largest absolute Gasteiger partial charge is 0.338 e. The highest BCUT2D eigenvalue weighted by Gasteiger charge is 2.25. The molecule has 2 amide bonds. The standard InChI is InChI=1S/C17H25ClN2O/c1-13-5-3-8-16(11-13)20(2)17(21)19-10-9-14-6-4-7-15(18)12-14/h4,6-7,12-13,16H,3,5,8-11H2,1-2H3,(H,19,21). The smallest absolute Gasteiger partial charge is 0.317 e. The van der Waals surface area contributed by atoms with Crippen molar-refractivity contribution in [2.75, 3.05) is 13.6 Å². The Kier molecular flexibility index (Phi) is 5.92. The number of nitrogens with zero attached hydrogens (tertiary/aromatic N) is 1. The third-order valence-electron chi connectivity index (χ3n) is 4.36. The molecule has 0 radical (unpaired) electrons. The maximum atomic E-state index is 12.2. The molecule has 2 rings (SSSR count). The van der Waals surface area contributed by atoms with Gasteiger partial charge in [0.05, 0.1) is 0 Å². The van der Waals surface area contributed by atoms with Gasteiger partial charge in [0.2, 0.25) is 0 Å². The summed E-state index contributed by atoms with van der Waals surface area (Å²) in [4.78, 5) is 14.1. The first-order valence-electron chi connectivity index (χ1n) is 7.81. The lowest BCUT2D eigenvalue weighted by molar-refractivity contribution is 0.160. The van der Waals surface area contributed by atoms with Gasteiger partial charge in [0.1, 0.15) is 0 Å². The number of halogens is 1. The van der Waals surface area contributed by atoms with E-state index in [1.807, 2.05) is 36.2 Å². The van der Waals surface area contributed by atoms with Crippen molar-refractivity contribution in [3.63, 3.8) is 0 Å². The molecule has 4 heteroatoms. The Bertz CT molecular complexity index is 478. The van der Waals surface area contributed by atoms with E-state index in [1.165, 1.54) is 12.8 Å². The van der Waals surface area contributed by atoms with Crippen molar-refractivity contribution in [1.29, 1.82) is 0 Å². The third kappa shape index (κ3) is 4.92. The summed E-state index contributed by atoms with van der Waals surface area (Å²) in [5.41, 5.74) is 1.15. The zero-order valence-corrected chi connectivity index (χ0v) is 13.7. The number of benzene rings is 1. The number of amides is 2. The fraction of sp³-hybridized carbons (Fsp3) is 0.588. The van der Waals surface area contributed by atoms with E-state index in [-0.39, 0.29) is 6.03 Å². The van der Waals surface area contributed by atoms with Gasteiger partial charge in [0, 0.05) is 24.7 Å². The summed E-state index contributed by atoms with van der Waals surface area (Å²) < 4.78 is 0. The van der Waals surface area contributed by atoms with Gasteiger partial charge >= 0.3 is 6.03 Å². The van der Waals surface area contributed by atoms with E-state index in [1.54, 1.807) is 0 Å². The van der Waals surface area contributed by atoms with E-state index in [0.29, 0.717) is 12.6 Å². The Morgan fingerprint density at radius 3 is 2.95 bits per heavy atom. The van der Waals surface area contributed by atoms with Crippen LogP contribution in [0.1, 0.15) is 38.2 Å². The average molecular weight is 309 g/mol. The molecule has 1 aliphatic carbocycles. The second-order valence-electron chi connectivity index (χ2n) is 6.15. The van der Waals surface area contributed by atoms with E-state index in [9.17, 15) is 4.79 Å². The summed E-state index contributed by atoms with van der Waals surface area (Å²) >= 11 is 5.96. The summed E-state index contributed by atoms with van der Waals surface area (Å²) in [6, 6.07) is 8.21. The van der Waals surface area contributed by atoms with Crippen LogP contribution in [0.2, 0.25) is 5.02 Å². The first kappa shape index (κ1) is 16.2. The molecule has 1 fully saturated rings. The lowest BCUT2D eigenvalue weighted by Gasteiger charge is -2.34. The number of carbonyl (C=O) groups excluding carboxylic acids is 1. The fourth-order valence-electron chi connectivity index (χ4n) is 3.05. The molecule has 0 bridgehead atoms. The molecule has 2 atom stereocenters. The quantitative estimate of drug-likeness (QED) is 0.892. The van der Waals surface area contributed by atoms with E-state index in [0.717, 1.165) is 35.8 Å². The van der Waals surface area contributed by atoms with Crippen LogP contribution in [0.4, 0.5) is 4.79 Å². The molecule has 0 spiro atoms. The monoisotopic (exact) mass is 308 g/mol. The second-order valence-corrected chi connectivity index (χ2v) is 6.58. The van der Waals surface area contributed by atoms with Crippen LogP contribution in [0, 0.1) is 5.92 Å². The predicted molar refractivity (Wildman–Crippen MR) is 87.7 cm³/mol. The van der Waals surface area contributed by atoms with Gasteiger partial charge in [-0.2, -0.15) is 0 Å². The van der Waals surface area contributed by atoms with Crippen molar-refractivity contribution >= 4 is 17.6 Å². The summed E-state index contributed by atoms with van der Waals surface area (Å²) in [6.45, 7) is 2.92. The first-order chi connectivity index (χ1) is 10.1. The molecule has 1 saturated carbocycles. The minimum atomic E-state index is 0.0381. The molecule has 0 aromatic heterocycles. The highest BCUT2D eigenvalue weighted by atomic mass is 35.5. The summed E-state index contributed by atoms with van der Waals surface area (Å²) in [5.74, 6) is 0.727. The van der Waals surface area contributed by atoms with Gasteiger partial charge in [-0.1, -0.05) is 43.5 Å². The van der Waals surface area contributed by atoms with Gasteiger partial charge in [0.15, 0.2) is 0 Å². The molecule has 3 nitrogen and oxygen atoms in total. The molecule has 0 saturated heterocycles. The number of carbonyl (C=O) groups is 1. The van der Waals surface area contributed by atoms with Gasteiger partial charge in [-0.3, -0.25) is 0 Å².